The van der Waals surface area contributed by atoms with Crippen molar-refractivity contribution in [3.63, 3.8) is 0 Å². The predicted octanol–water partition coefficient (Wildman–Crippen LogP) is 1.24. The number of nitrogens with zero attached hydrogens (tertiary/aromatic N) is 3. The highest BCUT2D eigenvalue weighted by molar-refractivity contribution is 5.97. The third-order valence-corrected chi connectivity index (χ3v) is 7.40. The van der Waals surface area contributed by atoms with Gasteiger partial charge in [-0.2, -0.15) is 0 Å². The molecule has 0 aliphatic carbocycles. The van der Waals surface area contributed by atoms with Crippen LogP contribution in [0.3, 0.4) is 0 Å². The Morgan fingerprint density at radius 1 is 0.920 bits per heavy atom. The van der Waals surface area contributed by atoms with Crippen molar-refractivity contribution in [3.8, 4) is 0 Å². The normalized spacial score (nSPS) is 14.5. The summed E-state index contributed by atoms with van der Waals surface area (Å²) in [7, 11) is 0. The molecular formula is C33H49N9O8. The van der Waals surface area contributed by atoms with E-state index >= 15 is 0 Å². The topological polar surface area (TPSA) is 271 Å². The second kappa shape index (κ2) is 18.7. The molecule has 0 radical (unpaired) electrons. The van der Waals surface area contributed by atoms with Crippen molar-refractivity contribution in [1.29, 1.82) is 0 Å². The number of rotatable bonds is 17. The van der Waals surface area contributed by atoms with Crippen LogP contribution in [0.15, 0.2) is 35.6 Å². The van der Waals surface area contributed by atoms with Crippen molar-refractivity contribution < 1.29 is 38.6 Å². The van der Waals surface area contributed by atoms with Gasteiger partial charge in [0.05, 0.1) is 25.1 Å². The Morgan fingerprint density at radius 3 is 2.10 bits per heavy atom. The number of hydrogen-bond donors (Lipinski definition) is 7. The molecular weight excluding hydrogens is 650 g/mol. The standard InChI is InChI=1S/C33H49N9O8/c1-17(2)12-23(31(48)41-42-35)38-32(49)27(18(3)4)40-30(47)25(16-43)39-29(46)24(14-26(44)50-33(5,6)7)37-28(45)21(34)13-19-15-36-22-11-9-8-10-20(19)22/h8-11,15,17-18,21,23-25,27,36,43H,12-14,16,34H2,1-7H3,(H,37,45)(H,38,49)(H,39,46)(H,40,47)/t21-,23+,24-,25+,27-/m1/s1. The monoisotopic (exact) mass is 699 g/mol. The molecule has 1 aromatic carbocycles. The number of H-pyrrole nitrogens is 1. The molecule has 0 unspecified atom stereocenters. The summed E-state index contributed by atoms with van der Waals surface area (Å²) in [6.45, 7) is 10.8. The van der Waals surface area contributed by atoms with Crippen LogP contribution in [0.2, 0.25) is 0 Å². The number of benzene rings is 1. The molecule has 5 atom stereocenters. The van der Waals surface area contributed by atoms with E-state index in [4.69, 9.17) is 16.0 Å². The van der Waals surface area contributed by atoms with E-state index in [2.05, 4.69) is 36.3 Å². The maximum absolute atomic E-state index is 13.5. The zero-order chi connectivity index (χ0) is 37.8. The van der Waals surface area contributed by atoms with E-state index in [1.807, 2.05) is 24.3 Å². The fourth-order valence-electron chi connectivity index (χ4n) is 4.99. The highest BCUT2D eigenvalue weighted by Crippen LogP contribution is 2.19. The maximum atomic E-state index is 13.5. The summed E-state index contributed by atoms with van der Waals surface area (Å²) in [5.41, 5.74) is 15.6. The Labute approximate surface area is 290 Å². The molecule has 2 rings (SSSR count). The fourth-order valence-corrected chi connectivity index (χ4v) is 4.99. The molecule has 0 aliphatic heterocycles. The van der Waals surface area contributed by atoms with E-state index in [1.54, 1.807) is 54.7 Å². The van der Waals surface area contributed by atoms with Crippen LogP contribution in [0.5, 0.6) is 0 Å². The number of nitrogens with one attached hydrogen (secondary N) is 5. The molecule has 0 saturated carbocycles. The summed E-state index contributed by atoms with van der Waals surface area (Å²) in [6, 6.07) is 0.740. The Balaban J connectivity index is 2.22. The number of carbonyl (C=O) groups excluding carboxylic acids is 6. The summed E-state index contributed by atoms with van der Waals surface area (Å²) >= 11 is 0. The van der Waals surface area contributed by atoms with Crippen molar-refractivity contribution in [2.45, 2.75) is 104 Å². The van der Waals surface area contributed by atoms with E-state index in [9.17, 15) is 33.9 Å². The van der Waals surface area contributed by atoms with Gasteiger partial charge in [-0.25, -0.2) is 0 Å². The number of aromatic amines is 1. The van der Waals surface area contributed by atoms with E-state index < -0.39 is 90.3 Å². The van der Waals surface area contributed by atoms with Gasteiger partial charge in [-0.05, 0) is 67.7 Å². The number of amides is 5. The van der Waals surface area contributed by atoms with Gasteiger partial charge in [0.15, 0.2) is 0 Å². The Kier molecular flexibility index (Phi) is 15.4. The van der Waals surface area contributed by atoms with Crippen LogP contribution in [0, 0.1) is 11.8 Å². The lowest BCUT2D eigenvalue weighted by Gasteiger charge is -2.28. The number of carbonyl (C=O) groups is 6. The number of para-hydroxylation sites is 1. The average molecular weight is 700 g/mol. The van der Waals surface area contributed by atoms with Crippen LogP contribution < -0.4 is 27.0 Å². The number of aromatic nitrogens is 1. The highest BCUT2D eigenvalue weighted by Gasteiger charge is 2.34. The molecule has 2 aromatic rings. The van der Waals surface area contributed by atoms with Gasteiger partial charge in [0.1, 0.15) is 23.7 Å². The van der Waals surface area contributed by atoms with Crippen molar-refractivity contribution >= 4 is 46.4 Å². The van der Waals surface area contributed by atoms with Gasteiger partial charge >= 0.3 is 5.97 Å². The van der Waals surface area contributed by atoms with E-state index in [0.717, 1.165) is 16.5 Å². The largest absolute Gasteiger partial charge is 0.460 e. The summed E-state index contributed by atoms with van der Waals surface area (Å²) in [4.78, 5) is 83.8. The molecule has 1 aromatic heterocycles. The molecule has 0 spiro atoms. The number of ether oxygens (including phenoxy) is 1. The zero-order valence-corrected chi connectivity index (χ0v) is 29.5. The Hall–Kier alpha value is -4.99. The van der Waals surface area contributed by atoms with Gasteiger partial charge in [0.25, 0.3) is 0 Å². The number of fused-ring (bicyclic) bond motifs is 1. The summed E-state index contributed by atoms with van der Waals surface area (Å²) in [5.74, 6) is -5.79. The minimum Gasteiger partial charge on any atom is -0.460 e. The smallest absolute Gasteiger partial charge is 0.308 e. The first-order chi connectivity index (χ1) is 23.4. The van der Waals surface area contributed by atoms with Crippen LogP contribution in [0.4, 0.5) is 0 Å². The van der Waals surface area contributed by atoms with Crippen molar-refractivity contribution in [2.24, 2.45) is 22.7 Å². The minimum absolute atomic E-state index is 0.0589. The third-order valence-electron chi connectivity index (χ3n) is 7.40. The first-order valence-corrected chi connectivity index (χ1v) is 16.3. The number of aliphatic hydroxyl groups excluding tert-OH is 1. The molecule has 5 amide bonds. The quantitative estimate of drug-likeness (QED) is 0.0541. The summed E-state index contributed by atoms with van der Waals surface area (Å²) < 4.78 is 5.34. The van der Waals surface area contributed by atoms with Gasteiger partial charge in [0, 0.05) is 22.0 Å². The SMILES string of the molecule is CC(C)C[C@H](NC(=O)[C@H](NC(=O)[C@H](CO)NC(=O)[C@@H](CC(=O)OC(C)(C)C)NC(=O)[C@H](N)Cc1c[nH]c2ccccc12)C(C)C)C(=O)N=[N+]=[N-]. The van der Waals surface area contributed by atoms with Gasteiger partial charge in [-0.15, -0.1) is 0 Å². The van der Waals surface area contributed by atoms with Crippen molar-refractivity contribution in [2.75, 3.05) is 6.61 Å². The van der Waals surface area contributed by atoms with E-state index in [0.29, 0.717) is 0 Å². The third kappa shape index (κ3) is 12.8. The lowest BCUT2D eigenvalue weighted by Crippen LogP contribution is -2.60. The van der Waals surface area contributed by atoms with Gasteiger partial charge in [-0.3, -0.25) is 28.8 Å². The molecule has 0 aliphatic rings. The van der Waals surface area contributed by atoms with Crippen LogP contribution in [-0.2, 0) is 39.9 Å². The highest BCUT2D eigenvalue weighted by atomic mass is 16.6. The molecule has 0 saturated heterocycles. The first-order valence-electron chi connectivity index (χ1n) is 16.3. The van der Waals surface area contributed by atoms with Gasteiger partial charge in [0.2, 0.25) is 29.5 Å². The fraction of sp³-hybridized carbons (Fsp3) is 0.576. The second-order valence-electron chi connectivity index (χ2n) is 13.7. The van der Waals surface area contributed by atoms with Gasteiger partial charge < -0.3 is 41.8 Å². The Morgan fingerprint density at radius 2 is 1.52 bits per heavy atom. The van der Waals surface area contributed by atoms with Crippen LogP contribution >= 0.6 is 0 Å². The second-order valence-corrected chi connectivity index (χ2v) is 13.7. The summed E-state index contributed by atoms with van der Waals surface area (Å²) in [5, 5.41) is 23.8. The lowest BCUT2D eigenvalue weighted by molar-refractivity contribution is -0.156. The first kappa shape index (κ1) is 41.2. The van der Waals surface area contributed by atoms with Crippen LogP contribution in [0.25, 0.3) is 21.3 Å². The van der Waals surface area contributed by atoms with Crippen molar-refractivity contribution in [1.82, 2.24) is 26.3 Å². The molecule has 50 heavy (non-hydrogen) atoms. The lowest BCUT2D eigenvalue weighted by atomic mass is 9.99. The average Bonchev–Trinajstić information content (AvgIpc) is 3.42. The number of nitrogens with two attached hydrogens (primary N) is 1. The molecule has 1 heterocycles. The predicted molar refractivity (Wildman–Crippen MR) is 184 cm³/mol. The molecule has 274 valence electrons. The van der Waals surface area contributed by atoms with E-state index in [-0.39, 0.29) is 18.8 Å². The minimum atomic E-state index is -1.62. The Bertz CT molecular complexity index is 1580. The molecule has 0 fully saturated rings. The molecule has 17 nitrogen and oxygen atoms in total. The number of azide groups is 1. The van der Waals surface area contributed by atoms with E-state index in [1.165, 1.54) is 0 Å². The molecule has 8 N–H and O–H groups in total. The number of hydrogen-bond acceptors (Lipinski definition) is 9. The zero-order valence-electron chi connectivity index (χ0n) is 29.5. The summed E-state index contributed by atoms with van der Waals surface area (Å²) in [6.07, 6.45) is 1.36. The molecule has 0 bridgehead atoms. The number of esters is 1. The van der Waals surface area contributed by atoms with Crippen LogP contribution in [0.1, 0.15) is 66.9 Å². The maximum Gasteiger partial charge on any atom is 0.308 e. The van der Waals surface area contributed by atoms with Crippen molar-refractivity contribution in [3.05, 3.63) is 46.5 Å². The van der Waals surface area contributed by atoms with Crippen LogP contribution in [-0.4, -0.2) is 88.0 Å². The number of aliphatic hydroxyl groups is 1. The van der Waals surface area contributed by atoms with Gasteiger partial charge in [-0.1, -0.05) is 45.9 Å². The molecule has 17 heteroatoms.